The zero-order valence-corrected chi connectivity index (χ0v) is 22.6. The highest BCUT2D eigenvalue weighted by molar-refractivity contribution is 6.06. The quantitative estimate of drug-likeness (QED) is 0.243. The molecule has 44 heavy (non-hydrogen) atoms. The Bertz CT molecular complexity index is 1710. The van der Waals surface area contributed by atoms with E-state index in [4.69, 9.17) is 14.6 Å². The van der Waals surface area contributed by atoms with Gasteiger partial charge in [-0.25, -0.2) is 13.8 Å². The number of halogens is 7. The van der Waals surface area contributed by atoms with Crippen molar-refractivity contribution in [3.63, 3.8) is 0 Å². The third-order valence-electron chi connectivity index (χ3n) is 5.99. The van der Waals surface area contributed by atoms with Crippen LogP contribution in [0.25, 0.3) is 17.1 Å². The van der Waals surface area contributed by atoms with E-state index < -0.39 is 83.3 Å². The number of aliphatic hydroxyl groups is 1. The highest BCUT2D eigenvalue weighted by Crippen LogP contribution is 2.36. The lowest BCUT2D eigenvalue weighted by atomic mass is 10.1. The van der Waals surface area contributed by atoms with E-state index in [-0.39, 0.29) is 17.1 Å². The zero-order valence-electron chi connectivity index (χ0n) is 22.6. The molecule has 2 aromatic heterocycles. The molecule has 0 saturated carbocycles. The first-order valence-corrected chi connectivity index (χ1v) is 12.3. The number of benzene rings is 2. The number of nitrogens with zero attached hydrogens (tertiary/aromatic N) is 3. The molecule has 0 aliphatic carbocycles. The molecule has 0 aliphatic heterocycles. The van der Waals surface area contributed by atoms with Crippen LogP contribution in [-0.4, -0.2) is 52.3 Å². The number of carbonyl (C=O) groups excluding carboxylic acids is 1. The van der Waals surface area contributed by atoms with Gasteiger partial charge in [0.05, 0.1) is 19.3 Å². The predicted octanol–water partition coefficient (Wildman–Crippen LogP) is 4.77. The number of aromatic nitrogens is 3. The minimum absolute atomic E-state index is 0.208. The first-order chi connectivity index (χ1) is 20.7. The van der Waals surface area contributed by atoms with Crippen molar-refractivity contribution in [2.45, 2.75) is 12.8 Å². The number of aliphatic hydroxyl groups excluding tert-OH is 1. The third kappa shape index (κ3) is 6.61. The molecule has 4 aromatic rings. The van der Waals surface area contributed by atoms with E-state index >= 15 is 8.78 Å². The molecule has 0 bridgehead atoms. The van der Waals surface area contributed by atoms with Crippen molar-refractivity contribution in [2.75, 3.05) is 25.6 Å². The molecule has 0 aliphatic rings. The van der Waals surface area contributed by atoms with Crippen LogP contribution in [0, 0.1) is 11.6 Å². The number of nitrogens with one attached hydrogen (secondary N) is 1. The van der Waals surface area contributed by atoms with Crippen LogP contribution in [0.5, 0.6) is 17.2 Å². The van der Waals surface area contributed by atoms with E-state index in [0.29, 0.717) is 10.7 Å². The summed E-state index contributed by atoms with van der Waals surface area (Å²) in [5, 5.41) is 11.2. The number of ether oxygens (including phenoxy) is 3. The Morgan fingerprint density at radius 1 is 1.02 bits per heavy atom. The Morgan fingerprint density at radius 2 is 1.66 bits per heavy atom. The summed E-state index contributed by atoms with van der Waals surface area (Å²) in [5.74, 6) is -5.28. The molecule has 10 nitrogen and oxygen atoms in total. The molecule has 4 rings (SSSR count). The van der Waals surface area contributed by atoms with Gasteiger partial charge in [0.15, 0.2) is 11.5 Å². The second kappa shape index (κ2) is 12.7. The van der Waals surface area contributed by atoms with Gasteiger partial charge in [-0.05, 0) is 24.3 Å². The second-order valence-corrected chi connectivity index (χ2v) is 8.80. The lowest BCUT2D eigenvalue weighted by molar-refractivity contribution is -0.141. The number of pyridine rings is 1. The highest BCUT2D eigenvalue weighted by atomic mass is 19.4. The third-order valence-corrected chi connectivity index (χ3v) is 5.99. The Balaban J connectivity index is 1.94. The van der Waals surface area contributed by atoms with Gasteiger partial charge in [-0.15, -0.1) is 0 Å². The molecule has 0 saturated heterocycles. The molecule has 2 N–H and O–H groups in total. The highest BCUT2D eigenvalue weighted by Gasteiger charge is 2.35. The molecule has 234 valence electrons. The Kier molecular flexibility index (Phi) is 9.17. The standard InChI is InChI=1S/C27H21F7N4O6/c1-37-23(21-17(28)9-15(42-2)10-18(21)29)22(36-24(40)13-3-5-14(6-4-13)44-26(30)31)25(41)38(37)20-12-16(43-8-7-39)11-19(35-20)27(32,33)34/h3-6,9-12,26,39H,7-8H2,1-2H3,(H,36,40). The lowest BCUT2D eigenvalue weighted by Gasteiger charge is -2.15. The molecular weight excluding hydrogens is 609 g/mol. The zero-order chi connectivity index (χ0) is 32.3. The van der Waals surface area contributed by atoms with E-state index in [0.717, 1.165) is 61.3 Å². The van der Waals surface area contributed by atoms with Crippen LogP contribution in [0.3, 0.4) is 0 Å². The molecule has 0 fully saturated rings. The minimum Gasteiger partial charge on any atom is -0.497 e. The lowest BCUT2D eigenvalue weighted by Crippen LogP contribution is -2.24. The van der Waals surface area contributed by atoms with Crippen LogP contribution in [0.15, 0.2) is 53.3 Å². The second-order valence-electron chi connectivity index (χ2n) is 8.80. The maximum atomic E-state index is 15.3. The molecule has 0 spiro atoms. The maximum absolute atomic E-state index is 15.3. The summed E-state index contributed by atoms with van der Waals surface area (Å²) in [6.45, 7) is -4.12. The van der Waals surface area contributed by atoms with E-state index in [1.165, 1.54) is 0 Å². The summed E-state index contributed by atoms with van der Waals surface area (Å²) >= 11 is 0. The van der Waals surface area contributed by atoms with Gasteiger partial charge in [0.25, 0.3) is 11.5 Å². The summed E-state index contributed by atoms with van der Waals surface area (Å²) in [6, 6.07) is 7.13. The van der Waals surface area contributed by atoms with Gasteiger partial charge >= 0.3 is 12.8 Å². The summed E-state index contributed by atoms with van der Waals surface area (Å²) in [4.78, 5) is 30.3. The van der Waals surface area contributed by atoms with Crippen molar-refractivity contribution >= 4 is 11.6 Å². The monoisotopic (exact) mass is 630 g/mol. The molecule has 1 amide bonds. The number of rotatable bonds is 10. The number of methoxy groups -OCH3 is 1. The van der Waals surface area contributed by atoms with Crippen molar-refractivity contribution < 1.29 is 54.8 Å². The van der Waals surface area contributed by atoms with Crippen molar-refractivity contribution in [3.8, 4) is 34.3 Å². The van der Waals surface area contributed by atoms with Gasteiger partial charge in [-0.1, -0.05) is 0 Å². The fourth-order valence-corrected chi connectivity index (χ4v) is 4.12. The van der Waals surface area contributed by atoms with Gasteiger partial charge in [0.1, 0.15) is 46.9 Å². The summed E-state index contributed by atoms with van der Waals surface area (Å²) in [5.41, 5.74) is -5.22. The Labute approximate surface area is 242 Å². The van der Waals surface area contributed by atoms with Gasteiger partial charge in [-0.3, -0.25) is 14.3 Å². The molecule has 0 atom stereocenters. The summed E-state index contributed by atoms with van der Waals surface area (Å²) in [6.07, 6.45) is -5.03. The van der Waals surface area contributed by atoms with E-state index in [1.807, 2.05) is 0 Å². The number of amides is 1. The summed E-state index contributed by atoms with van der Waals surface area (Å²) < 4.78 is 112. The van der Waals surface area contributed by atoms with Crippen molar-refractivity contribution in [2.24, 2.45) is 7.05 Å². The number of alkyl halides is 5. The van der Waals surface area contributed by atoms with Crippen molar-refractivity contribution in [3.05, 3.63) is 81.8 Å². The van der Waals surface area contributed by atoms with Gasteiger partial charge in [0.2, 0.25) is 0 Å². The molecule has 17 heteroatoms. The number of carbonyl (C=O) groups is 1. The average Bonchev–Trinajstić information content (AvgIpc) is 3.19. The minimum atomic E-state index is -5.03. The van der Waals surface area contributed by atoms with Crippen LogP contribution in [0.4, 0.5) is 36.4 Å². The number of hydrogen-bond donors (Lipinski definition) is 2. The van der Waals surface area contributed by atoms with Crippen molar-refractivity contribution in [1.29, 1.82) is 0 Å². The number of hydrogen-bond acceptors (Lipinski definition) is 7. The van der Waals surface area contributed by atoms with Gasteiger partial charge in [-0.2, -0.15) is 26.6 Å². The fraction of sp³-hybridized carbons (Fsp3) is 0.222. The van der Waals surface area contributed by atoms with E-state index in [9.17, 15) is 31.5 Å². The number of anilines is 1. The normalized spacial score (nSPS) is 11.5. The smallest absolute Gasteiger partial charge is 0.433 e. The molecule has 2 aromatic carbocycles. The largest absolute Gasteiger partial charge is 0.497 e. The summed E-state index contributed by atoms with van der Waals surface area (Å²) in [7, 11) is 2.21. The topological polar surface area (TPSA) is 117 Å². The molecule has 0 unspecified atom stereocenters. The van der Waals surface area contributed by atoms with Crippen molar-refractivity contribution in [1.82, 2.24) is 14.3 Å². The van der Waals surface area contributed by atoms with Gasteiger partial charge in [0, 0.05) is 36.9 Å². The van der Waals surface area contributed by atoms with E-state index in [1.54, 1.807) is 0 Å². The predicted molar refractivity (Wildman–Crippen MR) is 139 cm³/mol. The Hall–Kier alpha value is -5.06. The Morgan fingerprint density at radius 3 is 2.20 bits per heavy atom. The van der Waals surface area contributed by atoms with E-state index in [2.05, 4.69) is 15.0 Å². The van der Waals surface area contributed by atoms with Crippen LogP contribution < -0.4 is 25.1 Å². The van der Waals surface area contributed by atoms with Crippen LogP contribution in [0.1, 0.15) is 16.1 Å². The SMILES string of the molecule is COc1cc(F)c(-c2c(NC(=O)c3ccc(OC(F)F)cc3)c(=O)n(-c3cc(OCCO)cc(C(F)(F)F)n3)n2C)c(F)c1. The first-order valence-electron chi connectivity index (χ1n) is 12.3. The molecule has 0 radical (unpaired) electrons. The van der Waals surface area contributed by atoms with Crippen LogP contribution in [-0.2, 0) is 13.2 Å². The van der Waals surface area contributed by atoms with Crippen LogP contribution >= 0.6 is 0 Å². The maximum Gasteiger partial charge on any atom is 0.433 e. The average molecular weight is 630 g/mol. The van der Waals surface area contributed by atoms with Crippen LogP contribution in [0.2, 0.25) is 0 Å². The van der Waals surface area contributed by atoms with Gasteiger partial charge < -0.3 is 24.6 Å². The fourth-order valence-electron chi connectivity index (χ4n) is 4.12. The molecule has 2 heterocycles. The molecular formula is C27H21F7N4O6. The first kappa shape index (κ1) is 31.9.